The number of nitrogens with zero attached hydrogens (tertiary/aromatic N) is 2. The van der Waals surface area contributed by atoms with Crippen LogP contribution in [-0.4, -0.2) is 22.4 Å². The summed E-state index contributed by atoms with van der Waals surface area (Å²) in [6.45, 7) is 3.73. The maximum absolute atomic E-state index is 12.8. The Morgan fingerprint density at radius 2 is 2.08 bits per heavy atom. The molecule has 0 aliphatic heterocycles. The van der Waals surface area contributed by atoms with E-state index in [1.165, 1.54) is 18.3 Å². The summed E-state index contributed by atoms with van der Waals surface area (Å²) in [4.78, 5) is 19.6. The average molecular weight is 357 g/mol. The van der Waals surface area contributed by atoms with Crippen molar-refractivity contribution in [2.45, 2.75) is 6.18 Å². The quantitative estimate of drug-likeness (QED) is 0.799. The third kappa shape index (κ3) is 4.45. The van der Waals surface area contributed by atoms with Crippen molar-refractivity contribution in [1.29, 1.82) is 0 Å². The molecule has 0 aliphatic carbocycles. The zero-order valence-corrected chi connectivity index (χ0v) is 12.9. The molecule has 9 heteroatoms. The van der Waals surface area contributed by atoms with Crippen LogP contribution in [0.4, 0.5) is 24.8 Å². The fourth-order valence-corrected chi connectivity index (χ4v) is 1.88. The largest absolute Gasteiger partial charge is 0.416 e. The molecule has 0 saturated carbocycles. The van der Waals surface area contributed by atoms with Gasteiger partial charge in [0.2, 0.25) is 5.95 Å². The monoisotopic (exact) mass is 356 g/mol. The Hall–Kier alpha value is -2.61. The number of rotatable bonds is 5. The van der Waals surface area contributed by atoms with E-state index in [1.54, 1.807) is 0 Å². The van der Waals surface area contributed by atoms with Crippen LogP contribution in [0.3, 0.4) is 0 Å². The highest BCUT2D eigenvalue weighted by Gasteiger charge is 2.31. The number of carbonyl (C=O) groups excluding carboxylic acids is 1. The van der Waals surface area contributed by atoms with Gasteiger partial charge in [0.25, 0.3) is 5.91 Å². The molecule has 0 saturated heterocycles. The van der Waals surface area contributed by atoms with Crippen LogP contribution in [0.5, 0.6) is 0 Å². The molecule has 0 fully saturated rings. The summed E-state index contributed by atoms with van der Waals surface area (Å²) < 4.78 is 38.3. The molecule has 5 nitrogen and oxygen atoms in total. The van der Waals surface area contributed by atoms with Crippen molar-refractivity contribution >= 4 is 29.1 Å². The van der Waals surface area contributed by atoms with Crippen LogP contribution in [0, 0.1) is 0 Å². The van der Waals surface area contributed by atoms with Crippen LogP contribution in [0.2, 0.25) is 5.02 Å². The van der Waals surface area contributed by atoms with Gasteiger partial charge in [0.15, 0.2) is 0 Å². The highest BCUT2D eigenvalue weighted by Crippen LogP contribution is 2.34. The van der Waals surface area contributed by atoms with Crippen LogP contribution in [0.1, 0.15) is 16.1 Å². The lowest BCUT2D eigenvalue weighted by atomic mass is 10.2. The number of benzene rings is 1. The number of halogens is 4. The maximum Gasteiger partial charge on any atom is 0.416 e. The molecule has 0 spiro atoms. The number of carbonyl (C=O) groups is 1. The molecule has 0 unspecified atom stereocenters. The summed E-state index contributed by atoms with van der Waals surface area (Å²) in [5.74, 6) is -0.516. The first-order chi connectivity index (χ1) is 11.3. The van der Waals surface area contributed by atoms with Crippen LogP contribution in [-0.2, 0) is 6.18 Å². The minimum atomic E-state index is -4.51. The van der Waals surface area contributed by atoms with Gasteiger partial charge in [-0.2, -0.15) is 13.2 Å². The molecule has 0 radical (unpaired) electrons. The molecular weight excluding hydrogens is 345 g/mol. The van der Waals surface area contributed by atoms with E-state index >= 15 is 0 Å². The molecular formula is C15H12ClF3N4O. The summed E-state index contributed by atoms with van der Waals surface area (Å²) >= 11 is 5.89. The molecule has 2 rings (SSSR count). The van der Waals surface area contributed by atoms with Crippen molar-refractivity contribution in [3.05, 3.63) is 59.4 Å². The molecule has 1 amide bonds. The number of anilines is 2. The van der Waals surface area contributed by atoms with E-state index in [0.717, 1.165) is 18.2 Å². The first-order valence-electron chi connectivity index (χ1n) is 6.67. The van der Waals surface area contributed by atoms with Crippen molar-refractivity contribution in [1.82, 2.24) is 15.3 Å². The molecule has 0 bridgehead atoms. The van der Waals surface area contributed by atoms with Crippen LogP contribution >= 0.6 is 11.6 Å². The highest BCUT2D eigenvalue weighted by atomic mass is 35.5. The van der Waals surface area contributed by atoms with Crippen molar-refractivity contribution in [3.8, 4) is 0 Å². The molecule has 24 heavy (non-hydrogen) atoms. The van der Waals surface area contributed by atoms with E-state index in [1.807, 2.05) is 0 Å². The van der Waals surface area contributed by atoms with E-state index in [0.29, 0.717) is 0 Å². The van der Waals surface area contributed by atoms with Crippen molar-refractivity contribution < 1.29 is 18.0 Å². The first kappa shape index (κ1) is 17.7. The van der Waals surface area contributed by atoms with Gasteiger partial charge in [-0.05, 0) is 24.3 Å². The Morgan fingerprint density at radius 1 is 1.33 bits per heavy atom. The number of hydrogen-bond donors (Lipinski definition) is 2. The zero-order chi connectivity index (χ0) is 17.7. The van der Waals surface area contributed by atoms with Gasteiger partial charge in [-0.15, -0.1) is 6.58 Å². The third-order valence-electron chi connectivity index (χ3n) is 2.84. The van der Waals surface area contributed by atoms with Crippen molar-refractivity contribution in [3.63, 3.8) is 0 Å². The Morgan fingerprint density at radius 3 is 2.75 bits per heavy atom. The number of amides is 1. The molecule has 1 aromatic heterocycles. The highest BCUT2D eigenvalue weighted by molar-refractivity contribution is 6.33. The standard InChI is InChI=1S/C15H12ClF3N4O/c1-2-6-20-13(24)11-5-7-21-14(22-11)23-12-8-9(15(17,18)19)3-4-10(12)16/h2-5,7-8H,1,6H2,(H,20,24)(H,21,22,23). The fraction of sp³-hybridized carbons (Fsp3) is 0.133. The van der Waals surface area contributed by atoms with Gasteiger partial charge in [0, 0.05) is 12.7 Å². The molecule has 2 aromatic rings. The van der Waals surface area contributed by atoms with Gasteiger partial charge >= 0.3 is 6.18 Å². The normalized spacial score (nSPS) is 11.0. The number of hydrogen-bond acceptors (Lipinski definition) is 4. The van der Waals surface area contributed by atoms with Crippen LogP contribution < -0.4 is 10.6 Å². The van der Waals surface area contributed by atoms with Gasteiger partial charge in [0.05, 0.1) is 16.3 Å². The van der Waals surface area contributed by atoms with Gasteiger partial charge in [0.1, 0.15) is 5.69 Å². The van der Waals surface area contributed by atoms with E-state index in [4.69, 9.17) is 11.6 Å². The van der Waals surface area contributed by atoms with Gasteiger partial charge in [-0.1, -0.05) is 17.7 Å². The second-order valence-corrected chi connectivity index (χ2v) is 4.99. The molecule has 126 valence electrons. The molecule has 1 heterocycles. The molecule has 1 aromatic carbocycles. The Bertz CT molecular complexity index is 765. The number of alkyl halides is 3. The predicted molar refractivity (Wildman–Crippen MR) is 84.3 cm³/mol. The topological polar surface area (TPSA) is 66.9 Å². The Labute approximate surface area is 140 Å². The number of aromatic nitrogens is 2. The minimum absolute atomic E-state index is 0.0184. The smallest absolute Gasteiger partial charge is 0.347 e. The van der Waals surface area contributed by atoms with Crippen molar-refractivity contribution in [2.24, 2.45) is 0 Å². The molecule has 2 N–H and O–H groups in total. The van der Waals surface area contributed by atoms with E-state index in [2.05, 4.69) is 27.2 Å². The molecule has 0 atom stereocenters. The second kappa shape index (κ2) is 7.31. The lowest BCUT2D eigenvalue weighted by Crippen LogP contribution is -2.24. The fourth-order valence-electron chi connectivity index (χ4n) is 1.72. The SMILES string of the molecule is C=CCNC(=O)c1ccnc(Nc2cc(C(F)(F)F)ccc2Cl)n1. The Balaban J connectivity index is 2.25. The lowest BCUT2D eigenvalue weighted by molar-refractivity contribution is -0.137. The van der Waals surface area contributed by atoms with Crippen molar-refractivity contribution in [2.75, 3.05) is 11.9 Å². The summed E-state index contributed by atoms with van der Waals surface area (Å²) in [6, 6.07) is 4.20. The predicted octanol–water partition coefficient (Wildman–Crippen LogP) is 3.81. The second-order valence-electron chi connectivity index (χ2n) is 4.58. The van der Waals surface area contributed by atoms with Crippen LogP contribution in [0.25, 0.3) is 0 Å². The third-order valence-corrected chi connectivity index (χ3v) is 3.16. The van der Waals surface area contributed by atoms with Crippen LogP contribution in [0.15, 0.2) is 43.1 Å². The summed E-state index contributed by atoms with van der Waals surface area (Å²) in [7, 11) is 0. The van der Waals surface area contributed by atoms with Gasteiger partial charge in [-0.3, -0.25) is 4.79 Å². The zero-order valence-electron chi connectivity index (χ0n) is 12.2. The average Bonchev–Trinajstić information content (AvgIpc) is 2.54. The summed E-state index contributed by atoms with van der Waals surface area (Å²) in [6.07, 6.45) is -1.70. The van der Waals surface area contributed by atoms with Gasteiger partial charge in [-0.25, -0.2) is 9.97 Å². The molecule has 0 aliphatic rings. The first-order valence-corrected chi connectivity index (χ1v) is 7.05. The maximum atomic E-state index is 12.8. The summed E-state index contributed by atoms with van der Waals surface area (Å²) in [5.41, 5.74) is -0.832. The minimum Gasteiger partial charge on any atom is -0.347 e. The van der Waals surface area contributed by atoms with E-state index in [-0.39, 0.29) is 28.9 Å². The van der Waals surface area contributed by atoms with E-state index < -0.39 is 17.6 Å². The lowest BCUT2D eigenvalue weighted by Gasteiger charge is -2.12. The van der Waals surface area contributed by atoms with E-state index in [9.17, 15) is 18.0 Å². The number of nitrogens with one attached hydrogen (secondary N) is 2. The summed E-state index contributed by atoms with van der Waals surface area (Å²) in [5, 5.41) is 5.18. The Kier molecular flexibility index (Phi) is 5.40. The van der Waals surface area contributed by atoms with Gasteiger partial charge < -0.3 is 10.6 Å².